The summed E-state index contributed by atoms with van der Waals surface area (Å²) in [7, 11) is 0. The van der Waals surface area contributed by atoms with E-state index in [2.05, 4.69) is 20.2 Å². The average Bonchev–Trinajstić information content (AvgIpc) is 3.57. The Morgan fingerprint density at radius 2 is 1.93 bits per heavy atom. The van der Waals surface area contributed by atoms with Gasteiger partial charge in [0.1, 0.15) is 28.6 Å². The lowest BCUT2D eigenvalue weighted by Gasteiger charge is -2.49. The van der Waals surface area contributed by atoms with Crippen molar-refractivity contribution < 1.29 is 51.5 Å². The molecule has 5 rings (SSSR count). The Hall–Kier alpha value is -4.78. The Bertz CT molecular complexity index is 1690. The molecule has 0 radical (unpaired) electrons. The molecule has 3 aliphatic heterocycles. The molecular formula is C26H20F4N6O7S2. The van der Waals surface area contributed by atoms with Gasteiger partial charge in [0.05, 0.1) is 0 Å². The average molecular weight is 669 g/mol. The number of oxime groups is 1. The second-order valence-corrected chi connectivity index (χ2v) is 11.7. The van der Waals surface area contributed by atoms with E-state index in [1.54, 1.807) is 0 Å². The fourth-order valence-electron chi connectivity index (χ4n) is 4.72. The molecule has 3 aliphatic rings. The van der Waals surface area contributed by atoms with E-state index in [-0.39, 0.29) is 47.2 Å². The minimum absolute atomic E-state index is 0.0584. The van der Waals surface area contributed by atoms with Crippen LogP contribution in [0.2, 0.25) is 0 Å². The van der Waals surface area contributed by atoms with Gasteiger partial charge in [-0.25, -0.2) is 19.0 Å². The van der Waals surface area contributed by atoms with Gasteiger partial charge in [-0.05, 0) is 35.8 Å². The third-order valence-corrected chi connectivity index (χ3v) is 8.80. The number of rotatable bonds is 7. The number of nitrogens with two attached hydrogens (primary N) is 1. The number of carbonyl (C=O) groups is 5. The monoisotopic (exact) mass is 668 g/mol. The highest BCUT2D eigenvalue weighted by atomic mass is 32.2. The van der Waals surface area contributed by atoms with E-state index in [9.17, 15) is 46.7 Å². The molecule has 0 aliphatic carbocycles. The lowest BCUT2D eigenvalue weighted by molar-refractivity contribution is -0.201. The highest BCUT2D eigenvalue weighted by Crippen LogP contribution is 2.42. The molecule has 0 bridgehead atoms. The summed E-state index contributed by atoms with van der Waals surface area (Å²) in [6.07, 6.45) is -4.08. The summed E-state index contributed by atoms with van der Waals surface area (Å²) < 4.78 is 56.0. The summed E-state index contributed by atoms with van der Waals surface area (Å²) >= 11 is 1.96. The van der Waals surface area contributed by atoms with E-state index in [4.69, 9.17) is 5.73 Å². The Balaban J connectivity index is 1.40. The number of carbonyl (C=O) groups excluding carboxylic acids is 5. The lowest BCUT2D eigenvalue weighted by Crippen LogP contribution is -2.71. The first-order valence-electron chi connectivity index (χ1n) is 12.8. The molecule has 1 aromatic carbocycles. The Morgan fingerprint density at radius 1 is 1.22 bits per heavy atom. The van der Waals surface area contributed by atoms with Crippen LogP contribution in [0.1, 0.15) is 17.7 Å². The lowest BCUT2D eigenvalue weighted by atomic mass is 10.0. The first kappa shape index (κ1) is 31.6. The van der Waals surface area contributed by atoms with Crippen LogP contribution in [0.25, 0.3) is 0 Å². The third kappa shape index (κ3) is 6.39. The number of esters is 2. The van der Waals surface area contributed by atoms with Crippen molar-refractivity contribution in [1.29, 1.82) is 0 Å². The van der Waals surface area contributed by atoms with Crippen molar-refractivity contribution in [2.75, 3.05) is 18.0 Å². The van der Waals surface area contributed by atoms with Crippen LogP contribution in [0.4, 0.5) is 22.7 Å². The standard InChI is InChI=1S/C26H20F4N6O7S2/c27-14-3-1-11(2-4-14)8-35-6-5-12(20(35)38)7-13-9-44-22-17(33-19(37)16(34-42)15-10-45-25(31)32-15)21(39)36(22)18(13)23(40)43-24(41)26(28,29)30/h1-4,7,10,17,22,42H,5-6,8-9H2,(H2,31,32)(H,33,37)/b12-7?,34-16-/t17-,22-/m1/s1. The number of aromatic nitrogens is 1. The number of benzene rings is 1. The largest absolute Gasteiger partial charge is 0.491 e. The molecule has 0 saturated carbocycles. The normalized spacial score (nSPS) is 21.2. The number of allylic oxidation sites excluding steroid dienone is 1. The van der Waals surface area contributed by atoms with E-state index in [1.165, 1.54) is 40.6 Å². The van der Waals surface area contributed by atoms with Crippen molar-refractivity contribution in [3.05, 3.63) is 69.6 Å². The Kier molecular flexibility index (Phi) is 8.66. The smallest absolute Gasteiger partial charge is 0.410 e. The highest BCUT2D eigenvalue weighted by Gasteiger charge is 2.55. The van der Waals surface area contributed by atoms with Crippen molar-refractivity contribution in [3.63, 3.8) is 0 Å². The fraction of sp³-hybridized carbons (Fsp3) is 0.269. The maximum Gasteiger partial charge on any atom is 0.491 e. The quantitative estimate of drug-likeness (QED) is 0.0574. The van der Waals surface area contributed by atoms with Gasteiger partial charge in [-0.15, -0.1) is 23.1 Å². The highest BCUT2D eigenvalue weighted by molar-refractivity contribution is 8.00. The summed E-state index contributed by atoms with van der Waals surface area (Å²) in [5, 5.41) is 14.9. The van der Waals surface area contributed by atoms with Crippen molar-refractivity contribution in [2.45, 2.75) is 30.6 Å². The number of hydrogen-bond acceptors (Lipinski definition) is 12. The molecule has 4 N–H and O–H groups in total. The predicted octanol–water partition coefficient (Wildman–Crippen LogP) is 1.69. The topological polar surface area (TPSA) is 185 Å². The number of hydrogen-bond donors (Lipinski definition) is 3. The van der Waals surface area contributed by atoms with Crippen LogP contribution in [0, 0.1) is 5.82 Å². The molecule has 45 heavy (non-hydrogen) atoms. The van der Waals surface area contributed by atoms with Gasteiger partial charge in [-0.2, -0.15) is 13.2 Å². The number of nitrogen functional groups attached to an aromatic ring is 1. The van der Waals surface area contributed by atoms with E-state index >= 15 is 0 Å². The summed E-state index contributed by atoms with van der Waals surface area (Å²) in [6, 6.07) is 4.15. The number of likely N-dealkylation sites (tertiary alicyclic amines) is 1. The van der Waals surface area contributed by atoms with Crippen molar-refractivity contribution in [3.8, 4) is 0 Å². The van der Waals surface area contributed by atoms with Crippen LogP contribution in [0.3, 0.4) is 0 Å². The van der Waals surface area contributed by atoms with Crippen molar-refractivity contribution in [2.24, 2.45) is 5.16 Å². The number of thioether (sulfide) groups is 1. The minimum atomic E-state index is -5.52. The zero-order valence-corrected chi connectivity index (χ0v) is 24.2. The fourth-order valence-corrected chi connectivity index (χ4v) is 6.58. The summed E-state index contributed by atoms with van der Waals surface area (Å²) in [5.74, 6) is -7.63. The van der Waals surface area contributed by atoms with Gasteiger partial charge in [0.25, 0.3) is 11.8 Å². The minimum Gasteiger partial charge on any atom is -0.410 e. The number of anilines is 1. The molecule has 1 aromatic heterocycles. The van der Waals surface area contributed by atoms with Crippen molar-refractivity contribution in [1.82, 2.24) is 20.1 Å². The van der Waals surface area contributed by atoms with E-state index in [0.717, 1.165) is 28.0 Å². The van der Waals surface area contributed by atoms with Crippen LogP contribution in [-0.2, 0) is 35.3 Å². The van der Waals surface area contributed by atoms with Gasteiger partial charge in [0, 0.05) is 29.8 Å². The molecule has 2 fully saturated rings. The Labute approximate surface area is 258 Å². The molecule has 3 amide bonds. The second kappa shape index (κ2) is 12.3. The van der Waals surface area contributed by atoms with Gasteiger partial charge in [0.2, 0.25) is 5.91 Å². The van der Waals surface area contributed by atoms with E-state index in [1.807, 2.05) is 0 Å². The number of amides is 3. The van der Waals surface area contributed by atoms with Gasteiger partial charge in [0.15, 0.2) is 10.8 Å². The predicted molar refractivity (Wildman–Crippen MR) is 149 cm³/mol. The SMILES string of the molecule is Nc1nc(/C(=N/O)C(=O)N[C@@H]2C(=O)N3C(C(=O)OC(=O)C(F)(F)F)=C(C=C4CCN(Cc5ccc(F)cc5)C4=O)CS[C@H]23)cs1. The Morgan fingerprint density at radius 3 is 2.56 bits per heavy atom. The summed E-state index contributed by atoms with van der Waals surface area (Å²) in [5.41, 5.74) is 4.93. The molecule has 19 heteroatoms. The van der Waals surface area contributed by atoms with Crippen LogP contribution in [0.5, 0.6) is 0 Å². The number of halogens is 4. The molecule has 2 atom stereocenters. The number of nitrogens with one attached hydrogen (secondary N) is 1. The molecule has 0 spiro atoms. The molecule has 0 unspecified atom stereocenters. The third-order valence-electron chi connectivity index (χ3n) is 6.82. The van der Waals surface area contributed by atoms with Crippen LogP contribution < -0.4 is 11.1 Å². The van der Waals surface area contributed by atoms with E-state index < -0.39 is 64.5 Å². The van der Waals surface area contributed by atoms with Gasteiger partial charge >= 0.3 is 18.1 Å². The molecular weight excluding hydrogens is 648 g/mol. The zero-order valence-electron chi connectivity index (χ0n) is 22.5. The first-order valence-corrected chi connectivity index (χ1v) is 14.7. The van der Waals surface area contributed by atoms with E-state index in [0.29, 0.717) is 5.56 Å². The first-order chi connectivity index (χ1) is 21.3. The van der Waals surface area contributed by atoms with Crippen LogP contribution in [0.15, 0.2) is 57.7 Å². The number of thiazole rings is 1. The van der Waals surface area contributed by atoms with Crippen LogP contribution in [-0.4, -0.2) is 85.3 Å². The molecule has 4 heterocycles. The number of β-lactam (4-membered cyclic amide) rings is 1. The second-order valence-electron chi connectivity index (χ2n) is 9.70. The molecule has 2 saturated heterocycles. The molecule has 236 valence electrons. The van der Waals surface area contributed by atoms with Gasteiger partial charge < -0.3 is 25.9 Å². The maximum atomic E-state index is 13.3. The van der Waals surface area contributed by atoms with Crippen LogP contribution >= 0.6 is 23.1 Å². The molecule has 2 aromatic rings. The summed E-state index contributed by atoms with van der Waals surface area (Å²) in [6.45, 7) is 0.382. The van der Waals surface area contributed by atoms with Crippen molar-refractivity contribution >= 4 is 63.6 Å². The summed E-state index contributed by atoms with van der Waals surface area (Å²) in [4.78, 5) is 69.6. The number of ether oxygens (including phenoxy) is 1. The number of fused-ring (bicyclic) bond motifs is 1. The van der Waals surface area contributed by atoms with Gasteiger partial charge in [-0.3, -0.25) is 19.3 Å². The van der Waals surface area contributed by atoms with Gasteiger partial charge in [-0.1, -0.05) is 17.3 Å². The zero-order chi connectivity index (χ0) is 32.6. The number of alkyl halides is 3. The number of nitrogens with zero attached hydrogens (tertiary/aromatic N) is 4. The molecule has 13 nitrogen and oxygen atoms in total. The maximum absolute atomic E-state index is 13.3.